The van der Waals surface area contributed by atoms with E-state index in [1.54, 1.807) is 18.2 Å². The van der Waals surface area contributed by atoms with Crippen LogP contribution in [0.25, 0.3) is 0 Å². The van der Waals surface area contributed by atoms with Gasteiger partial charge in [-0.2, -0.15) is 11.8 Å². The molecule has 17 heavy (non-hydrogen) atoms. The minimum atomic E-state index is -0.0165. The Morgan fingerprint density at radius 1 is 1.59 bits per heavy atom. The standard InChI is InChI=1S/C12H15ClN2OS/c1-8-7-15(5-6-17-8)12(16)9-3-2-4-10(13)11(9)14/h2-4,8H,5-7,14H2,1H3. The van der Waals surface area contributed by atoms with Crippen molar-refractivity contribution in [1.82, 2.24) is 4.90 Å². The number of nitrogen functional groups attached to an aromatic ring is 1. The third-order valence-corrected chi connectivity index (χ3v) is 4.28. The van der Waals surface area contributed by atoms with Crippen molar-refractivity contribution >= 4 is 35.0 Å². The first-order valence-corrected chi connectivity index (χ1v) is 6.97. The Hall–Kier alpha value is -0.870. The Morgan fingerprint density at radius 3 is 3.06 bits per heavy atom. The number of carbonyl (C=O) groups is 1. The van der Waals surface area contributed by atoms with E-state index in [4.69, 9.17) is 17.3 Å². The molecular weight excluding hydrogens is 256 g/mol. The first-order valence-electron chi connectivity index (χ1n) is 5.54. The van der Waals surface area contributed by atoms with Crippen molar-refractivity contribution in [2.75, 3.05) is 24.6 Å². The fourth-order valence-corrected chi connectivity index (χ4v) is 3.08. The van der Waals surface area contributed by atoms with Crippen molar-refractivity contribution in [3.63, 3.8) is 0 Å². The summed E-state index contributed by atoms with van der Waals surface area (Å²) in [5.41, 5.74) is 6.73. The minimum Gasteiger partial charge on any atom is -0.397 e. The second-order valence-electron chi connectivity index (χ2n) is 4.13. The highest BCUT2D eigenvalue weighted by Gasteiger charge is 2.24. The van der Waals surface area contributed by atoms with E-state index in [-0.39, 0.29) is 5.91 Å². The molecule has 3 nitrogen and oxygen atoms in total. The molecule has 1 aliphatic rings. The third kappa shape index (κ3) is 2.69. The van der Waals surface area contributed by atoms with E-state index in [2.05, 4.69) is 6.92 Å². The summed E-state index contributed by atoms with van der Waals surface area (Å²) in [6, 6.07) is 5.19. The van der Waals surface area contributed by atoms with Crippen molar-refractivity contribution < 1.29 is 4.79 Å². The maximum absolute atomic E-state index is 12.3. The van der Waals surface area contributed by atoms with Gasteiger partial charge in [0.25, 0.3) is 5.91 Å². The lowest BCUT2D eigenvalue weighted by Gasteiger charge is -2.31. The van der Waals surface area contributed by atoms with Gasteiger partial charge in [0.15, 0.2) is 0 Å². The lowest BCUT2D eigenvalue weighted by Crippen LogP contribution is -2.41. The first kappa shape index (κ1) is 12.6. The quantitative estimate of drug-likeness (QED) is 0.798. The zero-order valence-corrected chi connectivity index (χ0v) is 11.2. The SMILES string of the molecule is CC1CN(C(=O)c2cccc(Cl)c2N)CCS1. The Labute approximate surface area is 110 Å². The Kier molecular flexibility index (Phi) is 3.84. The Bertz CT molecular complexity index is 439. The number of amides is 1. The highest BCUT2D eigenvalue weighted by atomic mass is 35.5. The van der Waals surface area contributed by atoms with Crippen molar-refractivity contribution in [3.8, 4) is 0 Å². The van der Waals surface area contributed by atoms with Crippen molar-refractivity contribution in [2.24, 2.45) is 0 Å². The summed E-state index contributed by atoms with van der Waals surface area (Å²) in [4.78, 5) is 14.1. The number of carbonyl (C=O) groups excluding carboxylic acids is 1. The van der Waals surface area contributed by atoms with Gasteiger partial charge in [0.1, 0.15) is 0 Å². The summed E-state index contributed by atoms with van der Waals surface area (Å²) in [6.07, 6.45) is 0. The van der Waals surface area contributed by atoms with E-state index in [1.807, 2.05) is 16.7 Å². The van der Waals surface area contributed by atoms with E-state index in [0.29, 0.717) is 21.5 Å². The molecule has 1 heterocycles. The number of hydrogen-bond acceptors (Lipinski definition) is 3. The maximum atomic E-state index is 12.3. The molecule has 1 atom stereocenters. The number of anilines is 1. The molecule has 92 valence electrons. The molecule has 2 rings (SSSR count). The van der Waals surface area contributed by atoms with Crippen molar-refractivity contribution in [2.45, 2.75) is 12.2 Å². The van der Waals surface area contributed by atoms with E-state index in [0.717, 1.165) is 18.8 Å². The van der Waals surface area contributed by atoms with Crippen molar-refractivity contribution in [3.05, 3.63) is 28.8 Å². The maximum Gasteiger partial charge on any atom is 0.256 e. The van der Waals surface area contributed by atoms with Crippen LogP contribution >= 0.6 is 23.4 Å². The van der Waals surface area contributed by atoms with E-state index < -0.39 is 0 Å². The van der Waals surface area contributed by atoms with Gasteiger partial charge in [-0.15, -0.1) is 0 Å². The van der Waals surface area contributed by atoms with Crippen LogP contribution in [0.3, 0.4) is 0 Å². The lowest BCUT2D eigenvalue weighted by molar-refractivity contribution is 0.0764. The second kappa shape index (κ2) is 5.19. The molecule has 1 aromatic rings. The van der Waals surface area contributed by atoms with Crippen LogP contribution in [0.5, 0.6) is 0 Å². The van der Waals surface area contributed by atoms with E-state index in [1.165, 1.54) is 0 Å². The smallest absolute Gasteiger partial charge is 0.256 e. The van der Waals surface area contributed by atoms with Gasteiger partial charge in [-0.25, -0.2) is 0 Å². The molecule has 0 aliphatic carbocycles. The number of hydrogen-bond donors (Lipinski definition) is 1. The monoisotopic (exact) mass is 270 g/mol. The molecule has 1 saturated heterocycles. The van der Waals surface area contributed by atoms with E-state index in [9.17, 15) is 4.79 Å². The summed E-state index contributed by atoms with van der Waals surface area (Å²) in [5, 5.41) is 0.920. The van der Waals surface area contributed by atoms with Crippen LogP contribution < -0.4 is 5.73 Å². The molecule has 5 heteroatoms. The summed E-state index contributed by atoms with van der Waals surface area (Å²) in [7, 11) is 0. The number of thioether (sulfide) groups is 1. The van der Waals surface area contributed by atoms with Crippen LogP contribution in [0.4, 0.5) is 5.69 Å². The fourth-order valence-electron chi connectivity index (χ4n) is 1.90. The topological polar surface area (TPSA) is 46.3 Å². The van der Waals surface area contributed by atoms with Crippen LogP contribution in [0, 0.1) is 0 Å². The van der Waals surface area contributed by atoms with Gasteiger partial charge in [0.05, 0.1) is 16.3 Å². The van der Waals surface area contributed by atoms with Crippen LogP contribution in [0.1, 0.15) is 17.3 Å². The highest BCUT2D eigenvalue weighted by Crippen LogP contribution is 2.25. The second-order valence-corrected chi connectivity index (χ2v) is 6.09. The van der Waals surface area contributed by atoms with E-state index >= 15 is 0 Å². The zero-order chi connectivity index (χ0) is 12.4. The molecular formula is C12H15ClN2OS. The summed E-state index contributed by atoms with van der Waals surface area (Å²) in [5.74, 6) is 0.963. The van der Waals surface area contributed by atoms with Crippen LogP contribution in [-0.4, -0.2) is 34.9 Å². The highest BCUT2D eigenvalue weighted by molar-refractivity contribution is 7.99. The Balaban J connectivity index is 2.22. The molecule has 1 unspecified atom stereocenters. The zero-order valence-electron chi connectivity index (χ0n) is 9.65. The number of para-hydroxylation sites is 1. The van der Waals surface area contributed by atoms with Crippen LogP contribution in [0.2, 0.25) is 5.02 Å². The number of benzene rings is 1. The number of rotatable bonds is 1. The average molecular weight is 271 g/mol. The third-order valence-electron chi connectivity index (χ3n) is 2.81. The molecule has 2 N–H and O–H groups in total. The lowest BCUT2D eigenvalue weighted by atomic mass is 10.1. The molecule has 0 spiro atoms. The summed E-state index contributed by atoms with van der Waals surface area (Å²) in [6.45, 7) is 3.68. The molecule has 0 saturated carbocycles. The largest absolute Gasteiger partial charge is 0.397 e. The normalized spacial score (nSPS) is 20.4. The van der Waals surface area contributed by atoms with Crippen molar-refractivity contribution in [1.29, 1.82) is 0 Å². The molecule has 1 aromatic carbocycles. The molecule has 1 amide bonds. The van der Waals surface area contributed by atoms with Gasteiger partial charge < -0.3 is 10.6 Å². The van der Waals surface area contributed by atoms with Gasteiger partial charge in [-0.05, 0) is 12.1 Å². The van der Waals surface area contributed by atoms with Gasteiger partial charge in [0.2, 0.25) is 0 Å². The molecule has 1 fully saturated rings. The predicted octanol–water partition coefficient (Wildman–Crippen LogP) is 2.50. The summed E-state index contributed by atoms with van der Waals surface area (Å²) >= 11 is 7.82. The van der Waals surface area contributed by atoms with Crippen LogP contribution in [0.15, 0.2) is 18.2 Å². The van der Waals surface area contributed by atoms with Gasteiger partial charge in [0, 0.05) is 24.1 Å². The predicted molar refractivity (Wildman–Crippen MR) is 73.7 cm³/mol. The molecule has 0 bridgehead atoms. The number of nitrogens with two attached hydrogens (primary N) is 1. The minimum absolute atomic E-state index is 0.0165. The average Bonchev–Trinajstić information content (AvgIpc) is 2.32. The molecule has 0 radical (unpaired) electrons. The van der Waals surface area contributed by atoms with Crippen LogP contribution in [-0.2, 0) is 0 Å². The number of halogens is 1. The summed E-state index contributed by atoms with van der Waals surface area (Å²) < 4.78 is 0. The first-order chi connectivity index (χ1) is 8.09. The van der Waals surface area contributed by atoms with Gasteiger partial charge in [-0.3, -0.25) is 4.79 Å². The fraction of sp³-hybridized carbons (Fsp3) is 0.417. The Morgan fingerprint density at radius 2 is 2.35 bits per heavy atom. The molecule has 0 aromatic heterocycles. The van der Waals surface area contributed by atoms with Gasteiger partial charge in [-0.1, -0.05) is 24.6 Å². The number of nitrogens with zero attached hydrogens (tertiary/aromatic N) is 1. The van der Waals surface area contributed by atoms with Gasteiger partial charge >= 0.3 is 0 Å². The molecule has 1 aliphatic heterocycles.